The van der Waals surface area contributed by atoms with Gasteiger partial charge in [0, 0.05) is 4.75 Å². The normalized spacial score (nSPS) is 30.5. The minimum absolute atomic E-state index is 0.0696. The number of β-lactam (4-membered cyclic amide) rings is 1. The molecule has 6 heteroatoms. The molecule has 1 saturated carbocycles. The van der Waals surface area contributed by atoms with Crippen LogP contribution in [0, 0.1) is 0 Å². The van der Waals surface area contributed by atoms with E-state index >= 15 is 0 Å². The van der Waals surface area contributed by atoms with Crippen LogP contribution >= 0.6 is 11.8 Å². The quantitative estimate of drug-likeness (QED) is 0.662. The van der Waals surface area contributed by atoms with E-state index in [1.165, 1.54) is 12.8 Å². The van der Waals surface area contributed by atoms with Gasteiger partial charge < -0.3 is 15.4 Å². The third kappa shape index (κ3) is 2.85. The number of rotatable bonds is 3. The lowest BCUT2D eigenvalue weighted by Gasteiger charge is -2.42. The minimum atomic E-state index is -0.489. The maximum absolute atomic E-state index is 13.0. The number of hydrogen-bond donors (Lipinski definition) is 1. The summed E-state index contributed by atoms with van der Waals surface area (Å²) in [5.74, 6) is -0.388. The number of carbonyl (C=O) groups is 2. The van der Waals surface area contributed by atoms with Crippen molar-refractivity contribution in [3.8, 4) is 0 Å². The van der Waals surface area contributed by atoms with Crippen LogP contribution in [0.15, 0.2) is 30.3 Å². The van der Waals surface area contributed by atoms with Crippen LogP contribution in [-0.4, -0.2) is 39.0 Å². The smallest absolute Gasteiger partial charge is 0.330 e. The lowest BCUT2D eigenvalue weighted by molar-refractivity contribution is -0.164. The molecule has 0 aromatic heterocycles. The highest BCUT2D eigenvalue weighted by Gasteiger charge is 2.65. The van der Waals surface area contributed by atoms with Crippen molar-refractivity contribution in [3.63, 3.8) is 0 Å². The molecule has 2 heterocycles. The Labute approximate surface area is 152 Å². The second-order valence-electron chi connectivity index (χ2n) is 7.25. The van der Waals surface area contributed by atoms with Crippen molar-refractivity contribution >= 4 is 23.6 Å². The van der Waals surface area contributed by atoms with Crippen molar-refractivity contribution in [2.45, 2.75) is 67.3 Å². The van der Waals surface area contributed by atoms with Crippen LogP contribution in [0.4, 0.5) is 0 Å². The maximum atomic E-state index is 13.0. The zero-order chi connectivity index (χ0) is 17.4. The monoisotopic (exact) mass is 360 g/mol. The Morgan fingerprint density at radius 1 is 1.20 bits per heavy atom. The van der Waals surface area contributed by atoms with Crippen molar-refractivity contribution in [2.24, 2.45) is 5.73 Å². The van der Waals surface area contributed by atoms with Gasteiger partial charge in [0.2, 0.25) is 5.91 Å². The summed E-state index contributed by atoms with van der Waals surface area (Å²) in [6.45, 7) is 0.246. The largest absolute Gasteiger partial charge is 0.459 e. The average molecular weight is 360 g/mol. The molecule has 134 valence electrons. The van der Waals surface area contributed by atoms with Crippen molar-refractivity contribution in [1.29, 1.82) is 0 Å². The fourth-order valence-corrected chi connectivity index (χ4v) is 6.27. The maximum Gasteiger partial charge on any atom is 0.330 e. The lowest BCUT2D eigenvalue weighted by atomic mass is 9.87. The number of thioether (sulfide) groups is 1. The molecule has 2 aliphatic heterocycles. The third-order valence-corrected chi connectivity index (χ3v) is 7.51. The number of nitrogens with two attached hydrogens (primary N) is 1. The molecule has 1 amide bonds. The molecule has 2 N–H and O–H groups in total. The van der Waals surface area contributed by atoms with Gasteiger partial charge in [-0.25, -0.2) is 4.79 Å². The molecule has 3 aliphatic rings. The Kier molecular flexibility index (Phi) is 4.50. The van der Waals surface area contributed by atoms with Crippen molar-refractivity contribution in [3.05, 3.63) is 35.9 Å². The van der Waals surface area contributed by atoms with Gasteiger partial charge in [-0.2, -0.15) is 0 Å². The van der Waals surface area contributed by atoms with Gasteiger partial charge in [-0.15, -0.1) is 11.8 Å². The summed E-state index contributed by atoms with van der Waals surface area (Å²) in [5, 5.41) is -0.0696. The molecule has 0 bridgehead atoms. The molecule has 0 radical (unpaired) electrons. The summed E-state index contributed by atoms with van der Waals surface area (Å²) in [7, 11) is 0. The van der Waals surface area contributed by atoms with Crippen LogP contribution in [0.2, 0.25) is 0 Å². The first-order chi connectivity index (χ1) is 12.1. The highest BCUT2D eigenvalue weighted by atomic mass is 32.2. The number of ether oxygens (including phenoxy) is 1. The summed E-state index contributed by atoms with van der Waals surface area (Å²) in [6, 6.07) is 8.69. The van der Waals surface area contributed by atoms with Crippen molar-refractivity contribution < 1.29 is 14.3 Å². The molecule has 5 nitrogen and oxygen atoms in total. The van der Waals surface area contributed by atoms with Gasteiger partial charge in [-0.3, -0.25) is 4.79 Å². The number of nitrogens with zero attached hydrogens (tertiary/aromatic N) is 1. The van der Waals surface area contributed by atoms with E-state index in [9.17, 15) is 9.59 Å². The molecule has 3 fully saturated rings. The van der Waals surface area contributed by atoms with Crippen LogP contribution < -0.4 is 5.73 Å². The Hall–Kier alpha value is -1.53. The molecule has 3 atom stereocenters. The standard InChI is InChI=1S/C19H24N2O3S/c20-14-16(22)21-15(18(23)24-12-13-8-4-3-5-9-13)19(25-17(14)21)10-6-1-2-7-11-19/h3-5,8-9,14-15,17H,1-2,6-7,10-12,20H2/t14?,15?,17-/m1/s1. The van der Waals surface area contributed by atoms with E-state index in [0.29, 0.717) is 0 Å². The Balaban J connectivity index is 1.55. The van der Waals surface area contributed by atoms with Gasteiger partial charge in [0.1, 0.15) is 24.1 Å². The third-order valence-electron chi connectivity index (χ3n) is 5.65. The van der Waals surface area contributed by atoms with Crippen LogP contribution in [0.1, 0.15) is 44.1 Å². The summed E-state index contributed by atoms with van der Waals surface area (Å²) in [6.07, 6.45) is 6.49. The molecular formula is C19H24N2O3S. The molecule has 2 unspecified atom stereocenters. The number of fused-ring (bicyclic) bond motifs is 1. The molecule has 1 aliphatic carbocycles. The first-order valence-electron chi connectivity index (χ1n) is 9.08. The Morgan fingerprint density at radius 3 is 2.56 bits per heavy atom. The van der Waals surface area contributed by atoms with E-state index in [2.05, 4.69) is 0 Å². The zero-order valence-electron chi connectivity index (χ0n) is 14.2. The number of benzene rings is 1. The van der Waals surface area contributed by atoms with E-state index in [1.54, 1.807) is 16.7 Å². The van der Waals surface area contributed by atoms with E-state index in [0.717, 1.165) is 31.2 Å². The number of amides is 1. The van der Waals surface area contributed by atoms with Gasteiger partial charge in [0.25, 0.3) is 0 Å². The Morgan fingerprint density at radius 2 is 1.88 bits per heavy atom. The van der Waals surface area contributed by atoms with E-state index in [4.69, 9.17) is 10.5 Å². The van der Waals surface area contributed by atoms with Gasteiger partial charge in [-0.1, -0.05) is 56.0 Å². The summed E-state index contributed by atoms with van der Waals surface area (Å²) >= 11 is 1.75. The first kappa shape index (κ1) is 16.9. The van der Waals surface area contributed by atoms with Crippen LogP contribution in [0.5, 0.6) is 0 Å². The van der Waals surface area contributed by atoms with Crippen LogP contribution in [-0.2, 0) is 20.9 Å². The first-order valence-corrected chi connectivity index (χ1v) is 9.96. The molecule has 2 saturated heterocycles. The topological polar surface area (TPSA) is 72.6 Å². The van der Waals surface area contributed by atoms with Crippen molar-refractivity contribution in [2.75, 3.05) is 0 Å². The SMILES string of the molecule is NC1C(=O)N2C(C(=O)OCc3ccccc3)C3(CCCCCC3)S[C@H]12. The van der Waals surface area contributed by atoms with E-state index in [1.807, 2.05) is 30.3 Å². The molecule has 1 aromatic rings. The van der Waals surface area contributed by atoms with Crippen LogP contribution in [0.3, 0.4) is 0 Å². The zero-order valence-corrected chi connectivity index (χ0v) is 15.0. The summed E-state index contributed by atoms with van der Waals surface area (Å²) < 4.78 is 5.41. The molecule has 1 spiro atoms. The Bertz CT molecular complexity index is 658. The predicted octanol–water partition coefficient (Wildman–Crippen LogP) is 2.43. The van der Waals surface area contributed by atoms with Gasteiger partial charge in [-0.05, 0) is 18.4 Å². The fourth-order valence-electron chi connectivity index (χ4n) is 4.33. The van der Waals surface area contributed by atoms with Gasteiger partial charge in [0.05, 0.1) is 0 Å². The number of carbonyl (C=O) groups excluding carboxylic acids is 2. The highest BCUT2D eigenvalue weighted by molar-refractivity contribution is 8.01. The van der Waals surface area contributed by atoms with E-state index < -0.39 is 12.1 Å². The minimum Gasteiger partial charge on any atom is -0.459 e. The van der Waals surface area contributed by atoms with Crippen molar-refractivity contribution in [1.82, 2.24) is 4.90 Å². The fraction of sp³-hybridized carbons (Fsp3) is 0.579. The summed E-state index contributed by atoms with van der Waals surface area (Å²) in [4.78, 5) is 27.0. The van der Waals surface area contributed by atoms with E-state index in [-0.39, 0.29) is 28.6 Å². The van der Waals surface area contributed by atoms with Crippen LogP contribution in [0.25, 0.3) is 0 Å². The molecular weight excluding hydrogens is 336 g/mol. The molecule has 1 aromatic carbocycles. The highest BCUT2D eigenvalue weighted by Crippen LogP contribution is 2.56. The molecule has 4 rings (SSSR count). The summed E-state index contributed by atoms with van der Waals surface area (Å²) in [5.41, 5.74) is 6.96. The van der Waals surface area contributed by atoms with Gasteiger partial charge >= 0.3 is 5.97 Å². The van der Waals surface area contributed by atoms with Gasteiger partial charge in [0.15, 0.2) is 0 Å². The second-order valence-corrected chi connectivity index (χ2v) is 8.79. The lowest BCUT2D eigenvalue weighted by Crippen LogP contribution is -2.69. The number of esters is 1. The second kappa shape index (κ2) is 6.65. The average Bonchev–Trinajstić information content (AvgIpc) is 2.76. The predicted molar refractivity (Wildman–Crippen MR) is 96.7 cm³/mol. The number of hydrogen-bond acceptors (Lipinski definition) is 5. The molecule has 25 heavy (non-hydrogen) atoms.